The van der Waals surface area contributed by atoms with Crippen LogP contribution < -0.4 is 0 Å². The van der Waals surface area contributed by atoms with Gasteiger partial charge in [0, 0.05) is 22.6 Å². The zero-order chi connectivity index (χ0) is 8.55. The second-order valence-electron chi connectivity index (χ2n) is 2.35. The van der Waals surface area contributed by atoms with Crippen LogP contribution in [0.1, 0.15) is 5.76 Å². The van der Waals surface area contributed by atoms with Gasteiger partial charge in [0.15, 0.2) is 0 Å². The van der Waals surface area contributed by atoms with Crippen LogP contribution in [-0.4, -0.2) is 4.98 Å². The highest BCUT2D eigenvalue weighted by Gasteiger charge is 2.09. The van der Waals surface area contributed by atoms with E-state index in [4.69, 9.17) is 4.42 Å². The lowest BCUT2D eigenvalue weighted by Gasteiger charge is -1.88. The van der Waals surface area contributed by atoms with Crippen molar-refractivity contribution in [1.82, 2.24) is 4.98 Å². The van der Waals surface area contributed by atoms with Crippen LogP contribution in [0.4, 0.5) is 0 Å². The Labute approximate surface area is 87.8 Å². The lowest BCUT2D eigenvalue weighted by molar-refractivity contribution is 0.497. The molecule has 0 saturated carbocycles. The maximum Gasteiger partial charge on any atom is 0.258 e. The van der Waals surface area contributed by atoms with Gasteiger partial charge < -0.3 is 4.42 Å². The summed E-state index contributed by atoms with van der Waals surface area (Å²) in [5.41, 5.74) is 0.967. The van der Waals surface area contributed by atoms with E-state index in [0.29, 0.717) is 3.90 Å². The third-order valence-electron chi connectivity index (χ3n) is 1.53. The fourth-order valence-electron chi connectivity index (χ4n) is 1.01. The number of thiophene rings is 1. The molecule has 0 aliphatic carbocycles. The van der Waals surface area contributed by atoms with Crippen molar-refractivity contribution in [2.45, 2.75) is 6.92 Å². The lowest BCUT2D eigenvalue weighted by atomic mass is 10.3. The standard InChI is InChI=1S/C8H6INOS/c1-5-7(10-8(9)11-5)6-3-2-4-12-6/h2-4H,1H3. The Hall–Kier alpha value is -0.360. The minimum Gasteiger partial charge on any atom is -0.437 e. The topological polar surface area (TPSA) is 26.0 Å². The van der Waals surface area contributed by atoms with Crippen LogP contribution >= 0.6 is 33.9 Å². The summed E-state index contributed by atoms with van der Waals surface area (Å²) in [5.74, 6) is 0.891. The van der Waals surface area contributed by atoms with E-state index in [1.807, 2.05) is 24.4 Å². The van der Waals surface area contributed by atoms with Gasteiger partial charge in [-0.3, -0.25) is 0 Å². The van der Waals surface area contributed by atoms with Gasteiger partial charge in [-0.25, -0.2) is 4.98 Å². The quantitative estimate of drug-likeness (QED) is 0.753. The number of halogens is 1. The molecule has 2 rings (SSSR count). The third kappa shape index (κ3) is 1.40. The zero-order valence-electron chi connectivity index (χ0n) is 6.37. The SMILES string of the molecule is Cc1oc(I)nc1-c1cccs1. The first-order valence-electron chi connectivity index (χ1n) is 3.44. The Balaban J connectivity index is 2.54. The van der Waals surface area contributed by atoms with Crippen molar-refractivity contribution in [1.29, 1.82) is 0 Å². The summed E-state index contributed by atoms with van der Waals surface area (Å²) >= 11 is 3.76. The van der Waals surface area contributed by atoms with Gasteiger partial charge in [0.05, 0.1) is 4.88 Å². The van der Waals surface area contributed by atoms with Crippen LogP contribution in [0.5, 0.6) is 0 Å². The molecule has 0 bridgehead atoms. The first-order chi connectivity index (χ1) is 5.77. The Bertz CT molecular complexity index is 380. The molecule has 0 N–H and O–H groups in total. The molecule has 12 heavy (non-hydrogen) atoms. The van der Waals surface area contributed by atoms with E-state index in [9.17, 15) is 0 Å². The second-order valence-corrected chi connectivity index (χ2v) is 4.22. The van der Waals surface area contributed by atoms with Crippen LogP contribution in [0.25, 0.3) is 10.6 Å². The fraction of sp³-hybridized carbons (Fsp3) is 0.125. The number of hydrogen-bond acceptors (Lipinski definition) is 3. The maximum absolute atomic E-state index is 5.32. The Morgan fingerprint density at radius 1 is 1.58 bits per heavy atom. The molecule has 0 atom stereocenters. The first-order valence-corrected chi connectivity index (χ1v) is 5.40. The van der Waals surface area contributed by atoms with Gasteiger partial charge in [0.1, 0.15) is 11.5 Å². The van der Waals surface area contributed by atoms with E-state index >= 15 is 0 Å². The summed E-state index contributed by atoms with van der Waals surface area (Å²) in [5, 5.41) is 2.04. The molecule has 4 heteroatoms. The highest BCUT2D eigenvalue weighted by molar-refractivity contribution is 14.1. The Morgan fingerprint density at radius 2 is 2.42 bits per heavy atom. The number of rotatable bonds is 1. The van der Waals surface area contributed by atoms with Crippen molar-refractivity contribution >= 4 is 33.9 Å². The monoisotopic (exact) mass is 291 g/mol. The van der Waals surface area contributed by atoms with Gasteiger partial charge in [0.25, 0.3) is 3.90 Å². The third-order valence-corrected chi connectivity index (χ3v) is 2.86. The minimum atomic E-state index is 0.702. The van der Waals surface area contributed by atoms with Crippen LogP contribution in [-0.2, 0) is 0 Å². The van der Waals surface area contributed by atoms with E-state index in [1.54, 1.807) is 11.3 Å². The van der Waals surface area contributed by atoms with Crippen molar-refractivity contribution in [2.24, 2.45) is 0 Å². The van der Waals surface area contributed by atoms with Gasteiger partial charge >= 0.3 is 0 Å². The molecule has 0 saturated heterocycles. The number of aromatic nitrogens is 1. The average molecular weight is 291 g/mol. The van der Waals surface area contributed by atoms with E-state index < -0.39 is 0 Å². The smallest absolute Gasteiger partial charge is 0.258 e. The summed E-state index contributed by atoms with van der Waals surface area (Å²) in [6.45, 7) is 1.93. The predicted octanol–water partition coefficient (Wildman–Crippen LogP) is 3.32. The molecule has 0 unspecified atom stereocenters. The van der Waals surface area contributed by atoms with Crippen molar-refractivity contribution in [3.63, 3.8) is 0 Å². The Morgan fingerprint density at radius 3 is 2.92 bits per heavy atom. The second kappa shape index (κ2) is 3.18. The number of hydrogen-bond donors (Lipinski definition) is 0. The molecule has 2 aromatic rings. The van der Waals surface area contributed by atoms with E-state index in [1.165, 1.54) is 4.88 Å². The summed E-state index contributed by atoms with van der Waals surface area (Å²) < 4.78 is 6.02. The minimum absolute atomic E-state index is 0.702. The molecule has 2 aromatic heterocycles. The van der Waals surface area contributed by atoms with Gasteiger partial charge in [-0.15, -0.1) is 11.3 Å². The highest BCUT2D eigenvalue weighted by atomic mass is 127. The molecule has 0 aliphatic heterocycles. The maximum atomic E-state index is 5.32. The summed E-state index contributed by atoms with van der Waals surface area (Å²) in [4.78, 5) is 5.45. The normalized spacial score (nSPS) is 10.5. The highest BCUT2D eigenvalue weighted by Crippen LogP contribution is 2.27. The summed E-state index contributed by atoms with van der Waals surface area (Å²) in [7, 11) is 0. The van der Waals surface area contributed by atoms with Crippen LogP contribution in [0.2, 0.25) is 0 Å². The van der Waals surface area contributed by atoms with Crippen molar-refractivity contribution in [3.05, 3.63) is 27.2 Å². The van der Waals surface area contributed by atoms with E-state index in [-0.39, 0.29) is 0 Å². The van der Waals surface area contributed by atoms with Crippen molar-refractivity contribution in [2.75, 3.05) is 0 Å². The van der Waals surface area contributed by atoms with Crippen LogP contribution in [0, 0.1) is 10.8 Å². The molecular formula is C8H6INOS. The molecule has 2 heterocycles. The van der Waals surface area contributed by atoms with Gasteiger partial charge in [0.2, 0.25) is 0 Å². The summed E-state index contributed by atoms with van der Waals surface area (Å²) in [6, 6.07) is 4.06. The largest absolute Gasteiger partial charge is 0.437 e. The van der Waals surface area contributed by atoms with E-state index in [0.717, 1.165) is 11.5 Å². The molecule has 0 aromatic carbocycles. The van der Waals surface area contributed by atoms with E-state index in [2.05, 4.69) is 27.6 Å². The molecule has 0 aliphatic rings. The van der Waals surface area contributed by atoms with Gasteiger partial charge in [-0.2, -0.15) is 0 Å². The predicted molar refractivity (Wildman–Crippen MR) is 57.3 cm³/mol. The first kappa shape index (κ1) is 8.25. The molecule has 0 amide bonds. The van der Waals surface area contributed by atoms with Crippen LogP contribution in [0.3, 0.4) is 0 Å². The molecule has 62 valence electrons. The molecular weight excluding hydrogens is 285 g/mol. The van der Waals surface area contributed by atoms with Crippen molar-refractivity contribution < 1.29 is 4.42 Å². The summed E-state index contributed by atoms with van der Waals surface area (Å²) in [6.07, 6.45) is 0. The molecule has 0 spiro atoms. The van der Waals surface area contributed by atoms with Gasteiger partial charge in [-0.05, 0) is 18.4 Å². The zero-order valence-corrected chi connectivity index (χ0v) is 9.35. The van der Waals surface area contributed by atoms with Crippen molar-refractivity contribution in [3.8, 4) is 10.6 Å². The molecule has 0 fully saturated rings. The number of nitrogens with zero attached hydrogens (tertiary/aromatic N) is 1. The number of oxazole rings is 1. The molecule has 0 radical (unpaired) electrons. The van der Waals surface area contributed by atoms with Gasteiger partial charge in [-0.1, -0.05) is 6.07 Å². The molecule has 2 nitrogen and oxygen atoms in total. The Kier molecular flexibility index (Phi) is 2.18. The fourth-order valence-corrected chi connectivity index (χ4v) is 2.34. The average Bonchev–Trinajstić information content (AvgIpc) is 2.58. The number of aryl methyl sites for hydroxylation is 1. The van der Waals surface area contributed by atoms with Crippen LogP contribution in [0.15, 0.2) is 21.9 Å². The lowest BCUT2D eigenvalue weighted by Crippen LogP contribution is -1.74.